The summed E-state index contributed by atoms with van der Waals surface area (Å²) in [6.07, 6.45) is -1.59. The van der Waals surface area contributed by atoms with Gasteiger partial charge in [0.05, 0.1) is 57.7 Å². The van der Waals surface area contributed by atoms with Crippen molar-refractivity contribution in [3.05, 3.63) is 154 Å². The number of methoxy groups -OCH3 is 3. The molecule has 0 unspecified atom stereocenters. The molecule has 5 aromatic carbocycles. The number of nitrogens with zero attached hydrogens (tertiary/aromatic N) is 3. The number of hydrogen-bond donors (Lipinski definition) is 3. The van der Waals surface area contributed by atoms with E-state index in [-0.39, 0.29) is 57.3 Å². The molecule has 6 atom stereocenters. The maximum Gasteiger partial charge on any atom is 0.421 e. The topological polar surface area (TPSA) is 209 Å². The highest BCUT2D eigenvalue weighted by molar-refractivity contribution is 6.23. The predicted molar refractivity (Wildman–Crippen MR) is 257 cm³/mol. The SMILES string of the molecule is COCCOC(=O)N1C(=O)[C@@]2(c3cc(C#CCNC(N)=O)ccc31)[C@H](c1cccc(OCCO)c1)N1[C@H](c3ccccc3)[C@H](c3ccccc3)OC(=O)[C@H]1[C@@H]2C(=O)N1CCc2cc(OC)c(OC)cc2C1. The number of anilines is 1. The van der Waals surface area contributed by atoms with Crippen molar-refractivity contribution in [3.63, 3.8) is 0 Å². The number of primary amides is 1. The van der Waals surface area contributed by atoms with Gasteiger partial charge in [0.15, 0.2) is 11.5 Å². The number of carbonyl (C=O) groups excluding carboxylic acids is 5. The molecule has 9 rings (SSSR count). The van der Waals surface area contributed by atoms with Gasteiger partial charge in [-0.2, -0.15) is 0 Å². The van der Waals surface area contributed by atoms with E-state index >= 15 is 14.4 Å². The van der Waals surface area contributed by atoms with Crippen LogP contribution in [0.25, 0.3) is 0 Å². The van der Waals surface area contributed by atoms with Crippen molar-refractivity contribution in [3.8, 4) is 29.1 Å². The van der Waals surface area contributed by atoms with Crippen LogP contribution in [0.4, 0.5) is 15.3 Å². The number of nitrogens with one attached hydrogen (secondary N) is 1. The van der Waals surface area contributed by atoms with Gasteiger partial charge in [-0.3, -0.25) is 19.3 Å². The molecule has 71 heavy (non-hydrogen) atoms. The molecule has 0 aliphatic carbocycles. The highest BCUT2D eigenvalue weighted by Gasteiger charge is 2.76. The number of rotatable bonds is 13. The summed E-state index contributed by atoms with van der Waals surface area (Å²) in [5.41, 5.74) is 7.46. The van der Waals surface area contributed by atoms with Crippen LogP contribution in [0.5, 0.6) is 17.2 Å². The van der Waals surface area contributed by atoms with Crippen LogP contribution in [0.1, 0.15) is 57.1 Å². The zero-order chi connectivity index (χ0) is 49.8. The minimum Gasteiger partial charge on any atom is -0.493 e. The number of fused-ring (bicyclic) bond motifs is 4. The summed E-state index contributed by atoms with van der Waals surface area (Å²) < 4.78 is 34.9. The Labute approximate surface area is 410 Å². The van der Waals surface area contributed by atoms with Crippen molar-refractivity contribution in [1.29, 1.82) is 0 Å². The Morgan fingerprint density at radius 3 is 2.21 bits per heavy atom. The fourth-order valence-corrected chi connectivity index (χ4v) is 10.7. The molecule has 5 aromatic rings. The lowest BCUT2D eigenvalue weighted by molar-refractivity contribution is -0.179. The van der Waals surface area contributed by atoms with Gasteiger partial charge in [-0.15, -0.1) is 0 Å². The number of esters is 1. The number of nitrogens with two attached hydrogens (primary N) is 1. The minimum atomic E-state index is -2.12. The van der Waals surface area contributed by atoms with E-state index in [2.05, 4.69) is 17.2 Å². The molecular weight excluding hydrogens is 911 g/mol. The number of amides is 5. The molecule has 4 aliphatic heterocycles. The second-order valence-corrected chi connectivity index (χ2v) is 17.4. The maximum atomic E-state index is 16.6. The van der Waals surface area contributed by atoms with Crippen LogP contribution in [-0.2, 0) is 47.0 Å². The lowest BCUT2D eigenvalue weighted by atomic mass is 9.64. The second kappa shape index (κ2) is 20.6. The molecule has 17 nitrogen and oxygen atoms in total. The van der Waals surface area contributed by atoms with Gasteiger partial charge in [-0.25, -0.2) is 14.5 Å². The van der Waals surface area contributed by atoms with Gasteiger partial charge < -0.3 is 49.5 Å². The Hall–Kier alpha value is -7.91. The highest BCUT2D eigenvalue weighted by Crippen LogP contribution is 2.66. The quantitative estimate of drug-likeness (QED) is 0.0796. The number of carbonyl (C=O) groups is 5. The van der Waals surface area contributed by atoms with Crippen molar-refractivity contribution in [2.24, 2.45) is 11.7 Å². The number of morpholine rings is 1. The molecule has 2 saturated heterocycles. The molecule has 1 spiro atoms. The zero-order valence-electron chi connectivity index (χ0n) is 39.4. The van der Waals surface area contributed by atoms with E-state index in [4.69, 9.17) is 34.2 Å². The van der Waals surface area contributed by atoms with E-state index in [1.54, 1.807) is 54.5 Å². The summed E-state index contributed by atoms with van der Waals surface area (Å²) in [5.74, 6) is 3.57. The molecule has 366 valence electrons. The summed E-state index contributed by atoms with van der Waals surface area (Å²) in [4.78, 5) is 79.4. The van der Waals surface area contributed by atoms with Gasteiger partial charge in [0.25, 0.3) is 0 Å². The van der Waals surface area contributed by atoms with E-state index < -0.39 is 65.5 Å². The Morgan fingerprint density at radius 2 is 1.52 bits per heavy atom. The average molecular weight is 964 g/mol. The van der Waals surface area contributed by atoms with Crippen molar-refractivity contribution in [2.45, 2.75) is 42.6 Å². The fourth-order valence-electron chi connectivity index (χ4n) is 10.7. The van der Waals surface area contributed by atoms with Crippen LogP contribution in [0.15, 0.2) is 115 Å². The molecular formula is C54H53N5O12. The number of urea groups is 1. The third-order valence-corrected chi connectivity index (χ3v) is 13.6. The van der Waals surface area contributed by atoms with E-state index in [9.17, 15) is 14.7 Å². The molecule has 4 heterocycles. The summed E-state index contributed by atoms with van der Waals surface area (Å²) in [5, 5.41) is 12.3. The number of cyclic esters (lactones) is 1. The molecule has 2 fully saturated rings. The van der Waals surface area contributed by atoms with Gasteiger partial charge in [-0.1, -0.05) is 84.6 Å². The Morgan fingerprint density at radius 1 is 0.817 bits per heavy atom. The van der Waals surface area contributed by atoms with Crippen LogP contribution in [0.3, 0.4) is 0 Å². The molecule has 4 N–H and O–H groups in total. The number of hydrogen-bond acceptors (Lipinski definition) is 13. The van der Waals surface area contributed by atoms with Crippen LogP contribution in [-0.4, -0.2) is 112 Å². The number of imide groups is 1. The van der Waals surface area contributed by atoms with E-state index in [1.807, 2.05) is 77.7 Å². The minimum absolute atomic E-state index is 0.0262. The van der Waals surface area contributed by atoms with Gasteiger partial charge in [0.2, 0.25) is 11.8 Å². The molecule has 5 amide bonds. The standard InChI is InChI=1S/C54H53N5O12/c1-66-26-27-70-53(65)58-41-20-19-33(12-11-22-56-52(55)64)28-40(41)54(51(58)63)44(49(61)57-23-21-36-30-42(67-2)43(68-3)31-38(36)32-57)46-50(62)71-47(35-15-8-5-9-16-35)45(34-13-6-4-7-14-34)59(46)48(54)37-17-10-18-39(29-37)69-25-24-60/h4-10,13-20,28-31,44-48,60H,21-27,32H2,1-3H3,(H3,55,56,64)/t44-,45-,46-,47+,48+,54-/m1/s1. The third kappa shape index (κ3) is 8.75. The van der Waals surface area contributed by atoms with Crippen molar-refractivity contribution in [1.82, 2.24) is 15.1 Å². The van der Waals surface area contributed by atoms with Crippen LogP contribution < -0.4 is 30.2 Å². The molecule has 0 saturated carbocycles. The first kappa shape index (κ1) is 48.1. The van der Waals surface area contributed by atoms with Gasteiger partial charge in [0, 0.05) is 25.8 Å². The summed E-state index contributed by atoms with van der Waals surface area (Å²) in [6, 6.07) is 29.9. The zero-order valence-corrected chi connectivity index (χ0v) is 39.4. The predicted octanol–water partition coefficient (Wildman–Crippen LogP) is 5.13. The van der Waals surface area contributed by atoms with Gasteiger partial charge >= 0.3 is 18.1 Å². The number of ether oxygens (including phenoxy) is 6. The summed E-state index contributed by atoms with van der Waals surface area (Å²) in [7, 11) is 4.53. The fraction of sp³-hybridized carbons (Fsp3) is 0.315. The Balaban J connectivity index is 1.35. The molecule has 17 heteroatoms. The molecule has 0 aromatic heterocycles. The first-order valence-corrected chi connectivity index (χ1v) is 23.2. The molecule has 0 radical (unpaired) electrons. The molecule has 0 bridgehead atoms. The van der Waals surface area contributed by atoms with Crippen molar-refractivity contribution < 1.29 is 57.5 Å². The van der Waals surface area contributed by atoms with Crippen molar-refractivity contribution >= 4 is 35.6 Å². The van der Waals surface area contributed by atoms with Crippen molar-refractivity contribution in [2.75, 3.05) is 65.7 Å². The summed E-state index contributed by atoms with van der Waals surface area (Å²) in [6.45, 7) is -0.344. The maximum absolute atomic E-state index is 16.6. The van der Waals surface area contributed by atoms with E-state index in [1.165, 1.54) is 14.2 Å². The smallest absolute Gasteiger partial charge is 0.421 e. The highest BCUT2D eigenvalue weighted by atomic mass is 16.6. The van der Waals surface area contributed by atoms with E-state index in [0.29, 0.717) is 40.4 Å². The van der Waals surface area contributed by atoms with Gasteiger partial charge in [0.1, 0.15) is 36.5 Å². The normalized spacial score (nSPS) is 22.1. The van der Waals surface area contributed by atoms with Crippen LogP contribution in [0, 0.1) is 17.8 Å². The first-order valence-electron chi connectivity index (χ1n) is 23.2. The van der Waals surface area contributed by atoms with Crippen LogP contribution in [0.2, 0.25) is 0 Å². The monoisotopic (exact) mass is 963 g/mol. The van der Waals surface area contributed by atoms with Gasteiger partial charge in [-0.05, 0) is 82.3 Å². The Bertz CT molecular complexity index is 2910. The lowest BCUT2D eigenvalue weighted by Gasteiger charge is -2.46. The largest absolute Gasteiger partial charge is 0.493 e. The third-order valence-electron chi connectivity index (χ3n) is 13.6. The first-order chi connectivity index (χ1) is 34.5. The average Bonchev–Trinajstić information content (AvgIpc) is 3.85. The Kier molecular flexibility index (Phi) is 14.0. The number of benzene rings is 5. The number of aliphatic hydroxyl groups is 1. The number of aliphatic hydroxyl groups excluding tert-OH is 1. The summed E-state index contributed by atoms with van der Waals surface area (Å²) >= 11 is 0. The molecule has 4 aliphatic rings. The lowest BCUT2D eigenvalue weighted by Crippen LogP contribution is -2.57. The second-order valence-electron chi connectivity index (χ2n) is 17.4. The van der Waals surface area contributed by atoms with E-state index in [0.717, 1.165) is 21.6 Å². The van der Waals surface area contributed by atoms with Crippen LogP contribution >= 0.6 is 0 Å².